The molecule has 1 saturated heterocycles. The van der Waals surface area contributed by atoms with Gasteiger partial charge in [0.2, 0.25) is 12.0 Å². The van der Waals surface area contributed by atoms with E-state index in [2.05, 4.69) is 4.98 Å². The normalized spacial score (nSPS) is 20.6. The average Bonchev–Trinajstić information content (AvgIpc) is 2.56. The van der Waals surface area contributed by atoms with Crippen molar-refractivity contribution in [1.29, 1.82) is 0 Å². The number of carbonyl (C=O) groups is 1. The quantitative estimate of drug-likeness (QED) is 0.688. The number of nitrogen functional groups attached to an aromatic ring is 1. The van der Waals surface area contributed by atoms with Crippen LogP contribution in [-0.2, 0) is 9.53 Å². The van der Waals surface area contributed by atoms with Crippen molar-refractivity contribution < 1.29 is 14.3 Å². The number of anilines is 1. The number of cyclic esters (lactones) is 1. The monoisotopic (exact) mass is 194 g/mol. The number of carbonyl (C=O) groups excluding carboxylic acids is 1. The predicted molar refractivity (Wildman–Crippen MR) is 48.6 cm³/mol. The molecule has 0 aromatic carbocycles. The molecule has 0 amide bonds. The third-order valence-electron chi connectivity index (χ3n) is 1.94. The lowest BCUT2D eigenvalue weighted by molar-refractivity contribution is -0.143. The zero-order chi connectivity index (χ0) is 9.97. The molecule has 2 heterocycles. The third-order valence-corrected chi connectivity index (χ3v) is 1.94. The average molecular weight is 194 g/mol. The van der Waals surface area contributed by atoms with Crippen molar-refractivity contribution in [3.8, 4) is 5.88 Å². The Morgan fingerprint density at radius 3 is 3.14 bits per heavy atom. The number of nitrogens with two attached hydrogens (primary N) is 1. The lowest BCUT2D eigenvalue weighted by atomic mass is 10.3. The molecule has 0 aliphatic carbocycles. The van der Waals surface area contributed by atoms with Gasteiger partial charge in [-0.3, -0.25) is 0 Å². The Balaban J connectivity index is 2.10. The molecule has 2 rings (SSSR count). The second-order valence-electron chi connectivity index (χ2n) is 2.96. The molecule has 1 fully saturated rings. The standard InChI is InChI=1S/C9H10N2O3/c10-6-2-1-4-11-8(6)14-7-3-5-13-9(7)12/h1-2,4,7H,3,5,10H2. The van der Waals surface area contributed by atoms with Gasteiger partial charge in [0.15, 0.2) is 0 Å². The van der Waals surface area contributed by atoms with E-state index in [-0.39, 0.29) is 11.8 Å². The number of aromatic nitrogens is 1. The molecule has 0 spiro atoms. The van der Waals surface area contributed by atoms with Crippen molar-refractivity contribution in [3.63, 3.8) is 0 Å². The van der Waals surface area contributed by atoms with E-state index < -0.39 is 6.10 Å². The van der Waals surface area contributed by atoms with Crippen molar-refractivity contribution in [1.82, 2.24) is 4.98 Å². The Hall–Kier alpha value is -1.78. The molecule has 1 aromatic heterocycles. The van der Waals surface area contributed by atoms with E-state index in [0.717, 1.165) is 0 Å². The van der Waals surface area contributed by atoms with E-state index in [1.165, 1.54) is 0 Å². The number of hydrogen-bond acceptors (Lipinski definition) is 5. The highest BCUT2D eigenvalue weighted by Crippen LogP contribution is 2.20. The van der Waals surface area contributed by atoms with Crippen LogP contribution in [0.15, 0.2) is 18.3 Å². The van der Waals surface area contributed by atoms with Gasteiger partial charge in [0.05, 0.1) is 12.3 Å². The van der Waals surface area contributed by atoms with Crippen LogP contribution in [0.25, 0.3) is 0 Å². The van der Waals surface area contributed by atoms with E-state index in [9.17, 15) is 4.79 Å². The number of ether oxygens (including phenoxy) is 2. The fourth-order valence-corrected chi connectivity index (χ4v) is 1.22. The highest BCUT2D eigenvalue weighted by Gasteiger charge is 2.29. The second kappa shape index (κ2) is 3.53. The van der Waals surface area contributed by atoms with E-state index in [0.29, 0.717) is 18.7 Å². The molecule has 5 heteroatoms. The molecule has 2 N–H and O–H groups in total. The van der Waals surface area contributed by atoms with Gasteiger partial charge in [0.1, 0.15) is 0 Å². The molecular formula is C9H10N2O3. The van der Waals surface area contributed by atoms with Crippen LogP contribution in [0.5, 0.6) is 5.88 Å². The van der Waals surface area contributed by atoms with E-state index in [1.807, 2.05) is 0 Å². The SMILES string of the molecule is Nc1cccnc1OC1CCOC1=O. The molecule has 74 valence electrons. The van der Waals surface area contributed by atoms with Gasteiger partial charge in [-0.25, -0.2) is 9.78 Å². The summed E-state index contributed by atoms with van der Waals surface area (Å²) in [5.74, 6) is -0.0635. The first-order valence-electron chi connectivity index (χ1n) is 4.31. The fraction of sp³-hybridized carbons (Fsp3) is 0.333. The molecule has 1 atom stereocenters. The Bertz CT molecular complexity index is 354. The van der Waals surface area contributed by atoms with Crippen molar-refractivity contribution in [2.45, 2.75) is 12.5 Å². The highest BCUT2D eigenvalue weighted by molar-refractivity contribution is 5.77. The van der Waals surface area contributed by atoms with Gasteiger partial charge < -0.3 is 15.2 Å². The van der Waals surface area contributed by atoms with Crippen LogP contribution >= 0.6 is 0 Å². The summed E-state index contributed by atoms with van der Waals surface area (Å²) in [7, 11) is 0. The summed E-state index contributed by atoms with van der Waals surface area (Å²) in [5.41, 5.74) is 6.03. The minimum Gasteiger partial charge on any atom is -0.463 e. The van der Waals surface area contributed by atoms with Crippen molar-refractivity contribution in [2.24, 2.45) is 0 Å². The molecule has 1 aromatic rings. The molecule has 1 aliphatic heterocycles. The maximum absolute atomic E-state index is 11.1. The van der Waals surface area contributed by atoms with Gasteiger partial charge in [-0.2, -0.15) is 0 Å². The highest BCUT2D eigenvalue weighted by atomic mass is 16.6. The second-order valence-corrected chi connectivity index (χ2v) is 2.96. The lowest BCUT2D eigenvalue weighted by Crippen LogP contribution is -2.22. The van der Waals surface area contributed by atoms with Crippen LogP contribution in [0.4, 0.5) is 5.69 Å². The summed E-state index contributed by atoms with van der Waals surface area (Å²) >= 11 is 0. The molecule has 14 heavy (non-hydrogen) atoms. The van der Waals surface area contributed by atoms with Gasteiger partial charge in [-0.15, -0.1) is 0 Å². The summed E-state index contributed by atoms with van der Waals surface area (Å²) in [6, 6.07) is 3.37. The maximum atomic E-state index is 11.1. The predicted octanol–water partition coefficient (Wildman–Crippen LogP) is 0.358. The fourth-order valence-electron chi connectivity index (χ4n) is 1.22. The van der Waals surface area contributed by atoms with Crippen LogP contribution in [-0.4, -0.2) is 23.7 Å². The number of rotatable bonds is 2. The minimum atomic E-state index is -0.563. The summed E-state index contributed by atoms with van der Waals surface area (Å²) in [5, 5.41) is 0. The smallest absolute Gasteiger partial charge is 0.347 e. The lowest BCUT2D eigenvalue weighted by Gasteiger charge is -2.09. The van der Waals surface area contributed by atoms with Crippen LogP contribution < -0.4 is 10.5 Å². The zero-order valence-corrected chi connectivity index (χ0v) is 7.47. The van der Waals surface area contributed by atoms with Gasteiger partial charge >= 0.3 is 5.97 Å². The van der Waals surface area contributed by atoms with Crippen LogP contribution in [0, 0.1) is 0 Å². The first kappa shape index (κ1) is 8.80. The summed E-state index contributed by atoms with van der Waals surface area (Å²) in [6.07, 6.45) is 1.55. The Labute approximate surface area is 80.8 Å². The van der Waals surface area contributed by atoms with Crippen LogP contribution in [0.2, 0.25) is 0 Å². The molecule has 0 bridgehead atoms. The number of nitrogens with zero attached hydrogens (tertiary/aromatic N) is 1. The van der Waals surface area contributed by atoms with E-state index in [4.69, 9.17) is 15.2 Å². The Kier molecular flexibility index (Phi) is 2.22. The van der Waals surface area contributed by atoms with E-state index in [1.54, 1.807) is 18.3 Å². The molecule has 0 radical (unpaired) electrons. The molecule has 1 aliphatic rings. The van der Waals surface area contributed by atoms with Gasteiger partial charge in [0, 0.05) is 12.6 Å². The van der Waals surface area contributed by atoms with Crippen molar-refractivity contribution in [3.05, 3.63) is 18.3 Å². The number of esters is 1. The van der Waals surface area contributed by atoms with Crippen LogP contribution in [0.3, 0.4) is 0 Å². The van der Waals surface area contributed by atoms with E-state index >= 15 is 0 Å². The van der Waals surface area contributed by atoms with Gasteiger partial charge in [-0.1, -0.05) is 0 Å². The van der Waals surface area contributed by atoms with Crippen LogP contribution in [0.1, 0.15) is 6.42 Å². The first-order valence-corrected chi connectivity index (χ1v) is 4.31. The topological polar surface area (TPSA) is 74.4 Å². The summed E-state index contributed by atoms with van der Waals surface area (Å²) < 4.78 is 10.1. The molecular weight excluding hydrogens is 184 g/mol. The first-order chi connectivity index (χ1) is 6.77. The maximum Gasteiger partial charge on any atom is 0.347 e. The summed E-state index contributed by atoms with van der Waals surface area (Å²) in [6.45, 7) is 0.399. The van der Waals surface area contributed by atoms with Gasteiger partial charge in [0.25, 0.3) is 0 Å². The van der Waals surface area contributed by atoms with Gasteiger partial charge in [-0.05, 0) is 12.1 Å². The minimum absolute atomic E-state index is 0.288. The van der Waals surface area contributed by atoms with Crippen molar-refractivity contribution in [2.75, 3.05) is 12.3 Å². The molecule has 1 unspecified atom stereocenters. The summed E-state index contributed by atoms with van der Waals surface area (Å²) in [4.78, 5) is 15.0. The Morgan fingerprint density at radius 1 is 1.64 bits per heavy atom. The zero-order valence-electron chi connectivity index (χ0n) is 7.47. The molecule has 0 saturated carbocycles. The largest absolute Gasteiger partial charge is 0.463 e. The number of hydrogen-bond donors (Lipinski definition) is 1. The number of pyridine rings is 1. The Morgan fingerprint density at radius 2 is 2.50 bits per heavy atom. The third kappa shape index (κ3) is 1.61. The van der Waals surface area contributed by atoms with Crippen molar-refractivity contribution >= 4 is 11.7 Å². The molecule has 5 nitrogen and oxygen atoms in total.